The Morgan fingerprint density at radius 2 is 2.10 bits per heavy atom. The van der Waals surface area contributed by atoms with Gasteiger partial charge < -0.3 is 9.30 Å². The van der Waals surface area contributed by atoms with Crippen LogP contribution in [0.15, 0.2) is 12.4 Å². The number of carbonyl (C=O) groups excluding carboxylic acids is 1. The lowest BCUT2D eigenvalue weighted by molar-refractivity contribution is -0.148. The first-order valence-corrected chi connectivity index (χ1v) is 7.17. The normalized spacial score (nSPS) is 14.6. The van der Waals surface area contributed by atoms with Gasteiger partial charge in [0.2, 0.25) is 0 Å². The molecule has 0 amide bonds. The molecule has 1 rings (SSSR count). The van der Waals surface area contributed by atoms with Gasteiger partial charge in [-0.3, -0.25) is 10.1 Å². The summed E-state index contributed by atoms with van der Waals surface area (Å²) in [6.45, 7) is 10.9. The van der Waals surface area contributed by atoms with Crippen molar-refractivity contribution in [3.63, 3.8) is 0 Å². The van der Waals surface area contributed by atoms with Crippen molar-refractivity contribution in [2.75, 3.05) is 7.11 Å². The van der Waals surface area contributed by atoms with Gasteiger partial charge in [0.15, 0.2) is 0 Å². The van der Waals surface area contributed by atoms with Crippen LogP contribution in [0.2, 0.25) is 0 Å². The van der Waals surface area contributed by atoms with Gasteiger partial charge in [-0.1, -0.05) is 13.8 Å². The quantitative estimate of drug-likeness (QED) is 0.779. The van der Waals surface area contributed by atoms with Crippen LogP contribution in [0.1, 0.15) is 52.8 Å². The molecular weight excluding hydrogens is 254 g/mol. The fourth-order valence-electron chi connectivity index (χ4n) is 2.45. The summed E-state index contributed by atoms with van der Waals surface area (Å²) in [5, 5.41) is 3.31. The molecule has 0 aliphatic carbocycles. The monoisotopic (exact) mass is 281 g/mol. The van der Waals surface area contributed by atoms with E-state index in [1.807, 2.05) is 27.0 Å². The fraction of sp³-hybridized carbons (Fsp3) is 0.733. The topological polar surface area (TPSA) is 56.2 Å². The summed E-state index contributed by atoms with van der Waals surface area (Å²) in [5.74, 6) is 1.19. The summed E-state index contributed by atoms with van der Waals surface area (Å²) in [5.41, 5.74) is -0.679. The average Bonchev–Trinajstić information content (AvgIpc) is 2.83. The van der Waals surface area contributed by atoms with E-state index in [9.17, 15) is 4.79 Å². The van der Waals surface area contributed by atoms with E-state index in [-0.39, 0.29) is 12.0 Å². The molecule has 0 aromatic carbocycles. The van der Waals surface area contributed by atoms with Crippen LogP contribution in [0.25, 0.3) is 0 Å². The summed E-state index contributed by atoms with van der Waals surface area (Å²) in [6.07, 6.45) is 4.43. The standard InChI is InChI=1S/C15H27N3O2/c1-11(2)13-16-8-10-18(13)9-7-15(5,14(19)20-6)17-12(3)4/h8,10-12,17H,7,9H2,1-6H3. The highest BCUT2D eigenvalue weighted by molar-refractivity contribution is 5.80. The molecule has 1 aromatic rings. The summed E-state index contributed by atoms with van der Waals surface area (Å²) >= 11 is 0. The molecule has 1 unspecified atom stereocenters. The molecule has 0 bridgehead atoms. The molecule has 5 heteroatoms. The number of hydrogen-bond acceptors (Lipinski definition) is 4. The van der Waals surface area contributed by atoms with Crippen molar-refractivity contribution in [3.8, 4) is 0 Å². The van der Waals surface area contributed by atoms with Crippen LogP contribution >= 0.6 is 0 Å². The van der Waals surface area contributed by atoms with E-state index in [1.165, 1.54) is 7.11 Å². The van der Waals surface area contributed by atoms with Gasteiger partial charge in [0.05, 0.1) is 7.11 Å². The molecule has 0 fully saturated rings. The first-order chi connectivity index (χ1) is 9.30. The Bertz CT molecular complexity index is 440. The van der Waals surface area contributed by atoms with Crippen LogP contribution in [-0.2, 0) is 16.1 Å². The van der Waals surface area contributed by atoms with Crippen molar-refractivity contribution in [1.29, 1.82) is 0 Å². The summed E-state index contributed by atoms with van der Waals surface area (Å²) in [4.78, 5) is 16.4. The Morgan fingerprint density at radius 1 is 1.45 bits per heavy atom. The molecule has 1 N–H and O–H groups in total. The number of esters is 1. The Kier molecular flexibility index (Phi) is 5.74. The lowest BCUT2D eigenvalue weighted by Crippen LogP contribution is -2.53. The second-order valence-electron chi connectivity index (χ2n) is 6.01. The Labute approximate surface area is 121 Å². The van der Waals surface area contributed by atoms with Gasteiger partial charge in [-0.15, -0.1) is 0 Å². The van der Waals surface area contributed by atoms with E-state index in [0.29, 0.717) is 12.3 Å². The maximum Gasteiger partial charge on any atom is 0.325 e. The average molecular weight is 281 g/mol. The third-order valence-corrected chi connectivity index (χ3v) is 3.36. The molecule has 1 heterocycles. The fourth-order valence-corrected chi connectivity index (χ4v) is 2.45. The first-order valence-electron chi connectivity index (χ1n) is 7.17. The number of nitrogens with one attached hydrogen (secondary N) is 1. The second-order valence-corrected chi connectivity index (χ2v) is 6.01. The third kappa shape index (κ3) is 4.07. The highest BCUT2D eigenvalue weighted by Gasteiger charge is 2.34. The van der Waals surface area contributed by atoms with Gasteiger partial charge >= 0.3 is 5.97 Å². The maximum atomic E-state index is 12.0. The maximum absolute atomic E-state index is 12.0. The van der Waals surface area contributed by atoms with Crippen LogP contribution in [0.4, 0.5) is 0 Å². The van der Waals surface area contributed by atoms with Gasteiger partial charge in [0.1, 0.15) is 11.4 Å². The molecule has 0 spiro atoms. The van der Waals surface area contributed by atoms with Crippen molar-refractivity contribution in [2.24, 2.45) is 0 Å². The number of aryl methyl sites for hydroxylation is 1. The SMILES string of the molecule is COC(=O)C(C)(CCn1ccnc1C(C)C)NC(C)C. The predicted molar refractivity (Wildman–Crippen MR) is 79.6 cm³/mol. The summed E-state index contributed by atoms with van der Waals surface area (Å²) in [6, 6.07) is 0.214. The zero-order valence-electron chi connectivity index (χ0n) is 13.4. The number of rotatable bonds is 7. The summed E-state index contributed by atoms with van der Waals surface area (Å²) < 4.78 is 7.04. The van der Waals surface area contributed by atoms with Gasteiger partial charge in [-0.2, -0.15) is 0 Å². The van der Waals surface area contributed by atoms with Crippen molar-refractivity contribution >= 4 is 5.97 Å². The zero-order chi connectivity index (χ0) is 15.3. The predicted octanol–water partition coefficient (Wildman–Crippen LogP) is 2.33. The van der Waals surface area contributed by atoms with E-state index in [1.54, 1.807) is 6.20 Å². The Morgan fingerprint density at radius 3 is 2.60 bits per heavy atom. The minimum Gasteiger partial charge on any atom is -0.468 e. The number of methoxy groups -OCH3 is 1. The van der Waals surface area contributed by atoms with E-state index in [4.69, 9.17) is 4.74 Å². The van der Waals surface area contributed by atoms with Gasteiger partial charge in [0.25, 0.3) is 0 Å². The van der Waals surface area contributed by atoms with Crippen molar-refractivity contribution in [3.05, 3.63) is 18.2 Å². The molecule has 20 heavy (non-hydrogen) atoms. The van der Waals surface area contributed by atoms with Crippen LogP contribution in [-0.4, -0.2) is 34.2 Å². The van der Waals surface area contributed by atoms with E-state index < -0.39 is 5.54 Å². The van der Waals surface area contributed by atoms with Crippen molar-refractivity contribution < 1.29 is 9.53 Å². The molecule has 0 aliphatic heterocycles. The highest BCUT2D eigenvalue weighted by atomic mass is 16.5. The Balaban J connectivity index is 2.81. The lowest BCUT2D eigenvalue weighted by Gasteiger charge is -2.30. The number of hydrogen-bond donors (Lipinski definition) is 1. The second kappa shape index (κ2) is 6.88. The van der Waals surface area contributed by atoms with Gasteiger partial charge in [-0.25, -0.2) is 4.98 Å². The molecule has 0 saturated heterocycles. The minimum absolute atomic E-state index is 0.214. The van der Waals surface area contributed by atoms with Crippen LogP contribution < -0.4 is 5.32 Å². The van der Waals surface area contributed by atoms with Crippen LogP contribution in [0, 0.1) is 0 Å². The summed E-state index contributed by atoms with van der Waals surface area (Å²) in [7, 11) is 1.43. The first kappa shape index (κ1) is 16.7. The molecule has 0 saturated carbocycles. The van der Waals surface area contributed by atoms with Crippen LogP contribution in [0.5, 0.6) is 0 Å². The molecule has 0 aliphatic rings. The van der Waals surface area contributed by atoms with E-state index in [0.717, 1.165) is 12.4 Å². The lowest BCUT2D eigenvalue weighted by atomic mass is 9.96. The van der Waals surface area contributed by atoms with Gasteiger partial charge in [-0.05, 0) is 27.2 Å². The zero-order valence-corrected chi connectivity index (χ0v) is 13.4. The molecule has 5 nitrogen and oxygen atoms in total. The van der Waals surface area contributed by atoms with Crippen LogP contribution in [0.3, 0.4) is 0 Å². The number of nitrogens with zero attached hydrogens (tertiary/aromatic N) is 2. The third-order valence-electron chi connectivity index (χ3n) is 3.36. The van der Waals surface area contributed by atoms with E-state index >= 15 is 0 Å². The number of aromatic nitrogens is 2. The Hall–Kier alpha value is -1.36. The number of carbonyl (C=O) groups is 1. The molecule has 1 atom stereocenters. The number of ether oxygens (including phenoxy) is 1. The number of imidazole rings is 1. The molecule has 114 valence electrons. The smallest absolute Gasteiger partial charge is 0.325 e. The van der Waals surface area contributed by atoms with E-state index in [2.05, 4.69) is 28.7 Å². The van der Waals surface area contributed by atoms with Gasteiger partial charge in [0, 0.05) is 30.9 Å². The minimum atomic E-state index is -0.679. The van der Waals surface area contributed by atoms with Crippen molar-refractivity contribution in [1.82, 2.24) is 14.9 Å². The molecule has 1 aromatic heterocycles. The largest absolute Gasteiger partial charge is 0.468 e. The highest BCUT2D eigenvalue weighted by Crippen LogP contribution is 2.18. The molecular formula is C15H27N3O2. The molecule has 0 radical (unpaired) electrons. The van der Waals surface area contributed by atoms with Crippen molar-refractivity contribution in [2.45, 2.75) is 65.1 Å².